The first-order valence-corrected chi connectivity index (χ1v) is 9.44. The molecule has 1 radical (unpaired) electrons. The molecular weight excluding hydrogens is 344 g/mol. The molecule has 0 spiro atoms. The van der Waals surface area contributed by atoms with E-state index in [-0.39, 0.29) is 11.3 Å². The zero-order chi connectivity index (χ0) is 17.6. The Labute approximate surface area is 154 Å². The van der Waals surface area contributed by atoms with Crippen molar-refractivity contribution < 1.29 is 4.79 Å². The molecule has 1 amide bonds. The van der Waals surface area contributed by atoms with Crippen LogP contribution in [0.1, 0.15) is 24.1 Å². The molecule has 2 N–H and O–H groups in total. The fraction of sp³-hybridized carbons (Fsp3) is 0.150. The van der Waals surface area contributed by atoms with Crippen LogP contribution in [-0.4, -0.2) is 16.7 Å². The van der Waals surface area contributed by atoms with E-state index < -0.39 is 0 Å². The molecule has 1 aliphatic heterocycles. The highest BCUT2D eigenvalue weighted by molar-refractivity contribution is 7.07. The average molecular weight is 360 g/mol. The molecule has 26 heavy (non-hydrogen) atoms. The number of fused-ring (bicyclic) bond motifs is 1. The van der Waals surface area contributed by atoms with Gasteiger partial charge in [-0.25, -0.2) is 10.3 Å². The van der Waals surface area contributed by atoms with Gasteiger partial charge in [0, 0.05) is 17.1 Å². The van der Waals surface area contributed by atoms with Gasteiger partial charge in [-0.15, -0.1) is 11.3 Å². The van der Waals surface area contributed by atoms with Crippen molar-refractivity contribution in [2.24, 2.45) is 0 Å². The van der Waals surface area contributed by atoms with Crippen LogP contribution in [-0.2, 0) is 10.2 Å². The van der Waals surface area contributed by atoms with Gasteiger partial charge in [-0.3, -0.25) is 4.79 Å². The first kappa shape index (κ1) is 15.3. The molecule has 3 aromatic rings. The molecule has 0 bridgehead atoms. The minimum absolute atomic E-state index is 0.0577. The van der Waals surface area contributed by atoms with Crippen molar-refractivity contribution in [1.29, 1.82) is 0 Å². The molecule has 1 aromatic heterocycles. The Bertz CT molecular complexity index is 1010. The van der Waals surface area contributed by atoms with Crippen molar-refractivity contribution in [2.75, 3.05) is 10.6 Å². The van der Waals surface area contributed by atoms with E-state index in [0.717, 1.165) is 47.0 Å². The smallest absolute Gasteiger partial charge is 0.325 e. The van der Waals surface area contributed by atoms with Crippen molar-refractivity contribution in [1.82, 2.24) is 9.98 Å². The summed E-state index contributed by atoms with van der Waals surface area (Å²) in [6.07, 6.45) is 1.78. The molecule has 5 rings (SSSR count). The molecule has 2 aromatic carbocycles. The van der Waals surface area contributed by atoms with E-state index in [1.807, 2.05) is 53.9 Å². The van der Waals surface area contributed by atoms with E-state index in [1.54, 1.807) is 5.51 Å². The van der Waals surface area contributed by atoms with Crippen LogP contribution in [0.4, 0.5) is 17.1 Å². The van der Waals surface area contributed by atoms with Gasteiger partial charge in [-0.2, -0.15) is 0 Å². The molecule has 2 heterocycles. The number of nitrogens with zero attached hydrogens (tertiary/aromatic N) is 2. The zero-order valence-electron chi connectivity index (χ0n) is 13.9. The van der Waals surface area contributed by atoms with Crippen LogP contribution in [0.25, 0.3) is 0 Å². The van der Waals surface area contributed by atoms with E-state index in [4.69, 9.17) is 0 Å². The second-order valence-corrected chi connectivity index (χ2v) is 7.31. The summed E-state index contributed by atoms with van der Waals surface area (Å²) in [5.41, 5.74) is 5.84. The molecular formula is C20H16N4OS+. The Morgan fingerprint density at radius 3 is 2.77 bits per heavy atom. The van der Waals surface area contributed by atoms with Crippen LogP contribution >= 0.6 is 11.3 Å². The maximum absolute atomic E-state index is 12.9. The summed E-state index contributed by atoms with van der Waals surface area (Å²) in [5, 5.41) is 8.31. The van der Waals surface area contributed by atoms with Gasteiger partial charge >= 0.3 is 5.84 Å². The summed E-state index contributed by atoms with van der Waals surface area (Å²) in [6.45, 7) is 0. The lowest BCUT2D eigenvalue weighted by Crippen LogP contribution is -2.27. The number of amidine groups is 1. The quantitative estimate of drug-likeness (QED) is 0.746. The molecule has 0 atom stereocenters. The number of benzene rings is 2. The van der Waals surface area contributed by atoms with Gasteiger partial charge in [-0.05, 0) is 35.5 Å². The van der Waals surface area contributed by atoms with Crippen LogP contribution < -0.4 is 15.6 Å². The number of nitrogens with one attached hydrogen (secondary N) is 2. The van der Waals surface area contributed by atoms with E-state index in [9.17, 15) is 4.79 Å². The van der Waals surface area contributed by atoms with Gasteiger partial charge in [-0.1, -0.05) is 30.3 Å². The normalized spacial score (nSPS) is 16.4. The van der Waals surface area contributed by atoms with Gasteiger partial charge < -0.3 is 5.32 Å². The summed E-state index contributed by atoms with van der Waals surface area (Å²) in [7, 11) is 0. The summed E-state index contributed by atoms with van der Waals surface area (Å²) in [4.78, 5) is 21.7. The molecule has 0 unspecified atom stereocenters. The van der Waals surface area contributed by atoms with Crippen molar-refractivity contribution in [3.63, 3.8) is 0 Å². The Hall–Kier alpha value is -2.99. The largest absolute Gasteiger partial charge is 0.348 e. The molecule has 6 heteroatoms. The molecule has 1 fully saturated rings. The molecule has 1 saturated carbocycles. The number of aliphatic imine (C=N–C) groups is 1. The molecule has 2 aliphatic rings. The van der Waals surface area contributed by atoms with E-state index in [0.29, 0.717) is 0 Å². The number of hydrogen-bond acceptors (Lipinski definition) is 5. The van der Waals surface area contributed by atoms with E-state index in [2.05, 4.69) is 20.6 Å². The van der Waals surface area contributed by atoms with E-state index in [1.165, 1.54) is 11.3 Å². The van der Waals surface area contributed by atoms with Crippen LogP contribution in [0.15, 0.2) is 59.4 Å². The zero-order valence-corrected chi connectivity index (χ0v) is 14.7. The van der Waals surface area contributed by atoms with Crippen molar-refractivity contribution in [2.45, 2.75) is 18.3 Å². The van der Waals surface area contributed by atoms with Gasteiger partial charge in [0.1, 0.15) is 0 Å². The number of thiazole rings is 1. The number of anilines is 2. The first-order chi connectivity index (χ1) is 12.7. The maximum atomic E-state index is 12.9. The average Bonchev–Trinajstić information content (AvgIpc) is 3.11. The molecule has 1 aliphatic carbocycles. The maximum Gasteiger partial charge on any atom is 0.348 e. The lowest BCUT2D eigenvalue weighted by Gasteiger charge is -2.15. The highest BCUT2D eigenvalue weighted by Gasteiger charge is 2.51. The number of amides is 1. The van der Waals surface area contributed by atoms with Gasteiger partial charge in [0.15, 0.2) is 11.4 Å². The molecule has 127 valence electrons. The Morgan fingerprint density at radius 2 is 2.04 bits per heavy atom. The summed E-state index contributed by atoms with van der Waals surface area (Å²) in [5.74, 6) is 0.801. The topological polar surface area (TPSA) is 68.1 Å². The number of aromatic nitrogens is 1. The highest BCUT2D eigenvalue weighted by atomic mass is 32.1. The van der Waals surface area contributed by atoms with Crippen LogP contribution in [0.2, 0.25) is 0 Å². The molecule has 0 saturated heterocycles. The minimum atomic E-state index is -0.379. The number of hydrogen-bond donors (Lipinski definition) is 2. The number of carbonyl (C=O) groups excluding carboxylic acids is 1. The van der Waals surface area contributed by atoms with Gasteiger partial charge in [0.25, 0.3) is 0 Å². The SMILES string of the molecule is O=C(Nc1ccc2c(c1)NC(c1cscn1)=[N+]2)C1(c2ccccc2)CC1. The Balaban J connectivity index is 1.35. The number of rotatable bonds is 4. The first-order valence-electron chi connectivity index (χ1n) is 8.50. The standard InChI is InChI=1S/C20H16N4OS/c25-19(20(8-9-20)13-4-2-1-3-5-13)22-14-6-7-15-16(10-14)24-18(23-15)17-11-26-12-21-17/h1-7,10-12,24H,8-9H2,(H,22,25)/q+1. The molecule has 5 nitrogen and oxygen atoms in total. The van der Waals surface area contributed by atoms with Crippen LogP contribution in [0, 0.1) is 0 Å². The van der Waals surface area contributed by atoms with Crippen LogP contribution in [0.3, 0.4) is 0 Å². The predicted octanol–water partition coefficient (Wildman–Crippen LogP) is 3.65. The lowest BCUT2D eigenvalue weighted by atomic mass is 9.95. The fourth-order valence-corrected chi connectivity index (χ4v) is 3.85. The van der Waals surface area contributed by atoms with Crippen molar-refractivity contribution >= 4 is 40.1 Å². The van der Waals surface area contributed by atoms with Crippen molar-refractivity contribution in [3.05, 3.63) is 70.7 Å². The highest BCUT2D eigenvalue weighted by Crippen LogP contribution is 2.49. The van der Waals surface area contributed by atoms with Crippen molar-refractivity contribution in [3.8, 4) is 0 Å². The number of carbonyl (C=O) groups is 1. The summed E-state index contributed by atoms with van der Waals surface area (Å²) in [6, 6.07) is 15.8. The Kier molecular flexibility index (Phi) is 3.39. The van der Waals surface area contributed by atoms with Gasteiger partial charge in [0.05, 0.1) is 10.9 Å². The van der Waals surface area contributed by atoms with Gasteiger partial charge in [0.2, 0.25) is 11.6 Å². The van der Waals surface area contributed by atoms with E-state index >= 15 is 0 Å². The third-order valence-electron chi connectivity index (χ3n) is 4.93. The fourth-order valence-electron chi connectivity index (χ4n) is 3.32. The third kappa shape index (κ3) is 2.50. The second-order valence-electron chi connectivity index (χ2n) is 6.59. The second kappa shape index (κ2) is 5.78. The monoisotopic (exact) mass is 360 g/mol. The summed E-state index contributed by atoms with van der Waals surface area (Å²) >= 11 is 1.54. The lowest BCUT2D eigenvalue weighted by molar-refractivity contribution is -0.118. The van der Waals surface area contributed by atoms with Crippen LogP contribution in [0.5, 0.6) is 0 Å². The predicted molar refractivity (Wildman–Crippen MR) is 104 cm³/mol. The Morgan fingerprint density at radius 1 is 1.19 bits per heavy atom. The third-order valence-corrected chi connectivity index (χ3v) is 5.51. The minimum Gasteiger partial charge on any atom is -0.325 e. The summed E-state index contributed by atoms with van der Waals surface area (Å²) < 4.78 is 0.